The summed E-state index contributed by atoms with van der Waals surface area (Å²) >= 11 is 6.33. The van der Waals surface area contributed by atoms with Crippen molar-refractivity contribution in [3.63, 3.8) is 0 Å². The largest absolute Gasteiger partial charge is 0.356 e. The lowest BCUT2D eigenvalue weighted by molar-refractivity contribution is 0.659. The van der Waals surface area contributed by atoms with Crippen LogP contribution in [0.3, 0.4) is 0 Å². The molecule has 1 unspecified atom stereocenters. The number of fused-ring (bicyclic) bond motifs is 1. The van der Waals surface area contributed by atoms with Gasteiger partial charge in [0.05, 0.1) is 16.1 Å². The summed E-state index contributed by atoms with van der Waals surface area (Å²) in [5.74, 6) is 1.32. The molecule has 0 radical (unpaired) electrons. The summed E-state index contributed by atoms with van der Waals surface area (Å²) in [6.07, 6.45) is 1.11. The van der Waals surface area contributed by atoms with E-state index in [4.69, 9.17) is 11.6 Å². The molecule has 0 aliphatic carbocycles. The van der Waals surface area contributed by atoms with E-state index in [1.807, 2.05) is 37.3 Å². The molecule has 5 nitrogen and oxygen atoms in total. The van der Waals surface area contributed by atoms with Crippen LogP contribution < -0.4 is 10.6 Å². The number of para-hydroxylation sites is 1. The van der Waals surface area contributed by atoms with Gasteiger partial charge in [-0.2, -0.15) is 4.98 Å². The van der Waals surface area contributed by atoms with Gasteiger partial charge in [-0.05, 0) is 43.5 Å². The fourth-order valence-electron chi connectivity index (χ4n) is 3.40. The van der Waals surface area contributed by atoms with Crippen LogP contribution in [0.15, 0.2) is 41.2 Å². The zero-order chi connectivity index (χ0) is 17.6. The Labute approximate surface area is 150 Å². The Morgan fingerprint density at radius 3 is 2.68 bits per heavy atom. The Morgan fingerprint density at radius 1 is 1.16 bits per heavy atom. The summed E-state index contributed by atoms with van der Waals surface area (Å²) < 4.78 is 1.51. The lowest BCUT2D eigenvalue weighted by atomic mass is 10.2. The summed E-state index contributed by atoms with van der Waals surface area (Å²) in [5, 5.41) is 1.37. The van der Waals surface area contributed by atoms with Crippen LogP contribution in [-0.4, -0.2) is 27.6 Å². The first kappa shape index (κ1) is 16.1. The molecule has 3 aromatic rings. The first-order valence-corrected chi connectivity index (χ1v) is 8.82. The van der Waals surface area contributed by atoms with Gasteiger partial charge in [-0.3, -0.25) is 0 Å². The van der Waals surface area contributed by atoms with Gasteiger partial charge < -0.3 is 4.90 Å². The van der Waals surface area contributed by atoms with Gasteiger partial charge in [0.25, 0.3) is 0 Å². The molecule has 4 rings (SSSR count). The summed E-state index contributed by atoms with van der Waals surface area (Å²) in [4.78, 5) is 24.1. The van der Waals surface area contributed by atoms with Crippen molar-refractivity contribution in [1.29, 1.82) is 0 Å². The van der Waals surface area contributed by atoms with Gasteiger partial charge >= 0.3 is 5.69 Å². The lowest BCUT2D eigenvalue weighted by Gasteiger charge is -2.20. The van der Waals surface area contributed by atoms with E-state index >= 15 is 0 Å². The fourth-order valence-corrected chi connectivity index (χ4v) is 3.62. The van der Waals surface area contributed by atoms with Crippen molar-refractivity contribution in [2.75, 3.05) is 18.0 Å². The number of aryl methyl sites for hydroxylation is 1. The fraction of sp³-hybridized carbons (Fsp3) is 0.316. The average molecular weight is 355 g/mol. The van der Waals surface area contributed by atoms with E-state index in [9.17, 15) is 4.79 Å². The van der Waals surface area contributed by atoms with Crippen LogP contribution in [0.5, 0.6) is 0 Å². The number of hydrogen-bond acceptors (Lipinski definition) is 4. The SMILES string of the molecule is Cc1ccc2c(N3CCC(C)C3)nc(=O)n(-c3ccccc3Cl)c2n1. The summed E-state index contributed by atoms with van der Waals surface area (Å²) in [6.45, 7) is 5.95. The molecule has 1 fully saturated rings. The van der Waals surface area contributed by atoms with E-state index in [-0.39, 0.29) is 5.69 Å². The zero-order valence-electron chi connectivity index (χ0n) is 14.2. The summed E-state index contributed by atoms with van der Waals surface area (Å²) in [6, 6.07) is 11.2. The predicted octanol–water partition coefficient (Wildman–Crippen LogP) is 3.59. The zero-order valence-corrected chi connectivity index (χ0v) is 15.0. The minimum Gasteiger partial charge on any atom is -0.356 e. The molecule has 1 atom stereocenters. The van der Waals surface area contributed by atoms with Gasteiger partial charge in [0.15, 0.2) is 5.65 Å². The molecule has 0 bridgehead atoms. The monoisotopic (exact) mass is 354 g/mol. The van der Waals surface area contributed by atoms with Crippen molar-refractivity contribution in [1.82, 2.24) is 14.5 Å². The quantitative estimate of drug-likeness (QED) is 0.705. The second-order valence-corrected chi connectivity index (χ2v) is 7.08. The van der Waals surface area contributed by atoms with Crippen LogP contribution in [0.1, 0.15) is 19.0 Å². The van der Waals surface area contributed by atoms with Crippen molar-refractivity contribution < 1.29 is 0 Å². The molecule has 3 heterocycles. The molecule has 1 aliphatic heterocycles. The molecule has 1 aromatic carbocycles. The van der Waals surface area contributed by atoms with Gasteiger partial charge in [-0.15, -0.1) is 0 Å². The molecule has 128 valence electrons. The van der Waals surface area contributed by atoms with E-state index in [0.29, 0.717) is 22.3 Å². The third-order valence-electron chi connectivity index (χ3n) is 4.68. The molecule has 0 spiro atoms. The maximum atomic E-state index is 12.9. The van der Waals surface area contributed by atoms with E-state index < -0.39 is 0 Å². The number of aromatic nitrogens is 3. The van der Waals surface area contributed by atoms with Crippen LogP contribution in [0.4, 0.5) is 5.82 Å². The summed E-state index contributed by atoms with van der Waals surface area (Å²) in [5.41, 5.74) is 1.70. The molecule has 6 heteroatoms. The molecule has 25 heavy (non-hydrogen) atoms. The van der Waals surface area contributed by atoms with Gasteiger partial charge in [0, 0.05) is 18.8 Å². The Kier molecular flexibility index (Phi) is 3.96. The highest BCUT2D eigenvalue weighted by molar-refractivity contribution is 6.32. The molecular weight excluding hydrogens is 336 g/mol. The van der Waals surface area contributed by atoms with Crippen molar-refractivity contribution in [2.45, 2.75) is 20.3 Å². The molecule has 2 aromatic heterocycles. The third-order valence-corrected chi connectivity index (χ3v) is 5.00. The van der Waals surface area contributed by atoms with Crippen molar-refractivity contribution >= 4 is 28.5 Å². The number of hydrogen-bond donors (Lipinski definition) is 0. The normalized spacial score (nSPS) is 17.4. The first-order valence-electron chi connectivity index (χ1n) is 8.45. The van der Waals surface area contributed by atoms with Gasteiger partial charge in [0.1, 0.15) is 5.82 Å². The number of benzene rings is 1. The highest BCUT2D eigenvalue weighted by Gasteiger charge is 2.24. The Bertz CT molecular complexity index is 1010. The number of nitrogens with zero attached hydrogens (tertiary/aromatic N) is 4. The number of pyridine rings is 1. The number of rotatable bonds is 2. The Morgan fingerprint density at radius 2 is 1.96 bits per heavy atom. The summed E-state index contributed by atoms with van der Waals surface area (Å²) in [7, 11) is 0. The van der Waals surface area contributed by atoms with Crippen LogP contribution in [0.25, 0.3) is 16.7 Å². The van der Waals surface area contributed by atoms with E-state index in [1.54, 1.807) is 6.07 Å². The average Bonchev–Trinajstić information content (AvgIpc) is 3.01. The highest BCUT2D eigenvalue weighted by Crippen LogP contribution is 2.29. The maximum absolute atomic E-state index is 12.9. The van der Waals surface area contributed by atoms with Gasteiger partial charge in [0.2, 0.25) is 0 Å². The van der Waals surface area contributed by atoms with Crippen molar-refractivity contribution in [2.24, 2.45) is 5.92 Å². The predicted molar refractivity (Wildman–Crippen MR) is 101 cm³/mol. The molecule has 0 N–H and O–H groups in total. The molecule has 0 saturated carbocycles. The maximum Gasteiger partial charge on any atom is 0.355 e. The standard InChI is InChI=1S/C19H19ClN4O/c1-12-9-10-23(11-12)17-14-8-7-13(2)21-18(14)24(19(25)22-17)16-6-4-3-5-15(16)20/h3-8,12H,9-11H2,1-2H3. The van der Waals surface area contributed by atoms with Crippen LogP contribution in [-0.2, 0) is 0 Å². The van der Waals surface area contributed by atoms with Gasteiger partial charge in [-0.1, -0.05) is 30.7 Å². The minimum atomic E-state index is -0.353. The highest BCUT2D eigenvalue weighted by atomic mass is 35.5. The second kappa shape index (κ2) is 6.15. The second-order valence-electron chi connectivity index (χ2n) is 6.67. The first-order chi connectivity index (χ1) is 12.0. The Hall–Kier alpha value is -2.40. The Balaban J connectivity index is 2.03. The third kappa shape index (κ3) is 2.78. The number of halogens is 1. The minimum absolute atomic E-state index is 0.353. The smallest absolute Gasteiger partial charge is 0.355 e. The van der Waals surface area contributed by atoms with Crippen LogP contribution >= 0.6 is 11.6 Å². The van der Waals surface area contributed by atoms with Gasteiger partial charge in [-0.25, -0.2) is 14.3 Å². The molecular formula is C19H19ClN4O. The van der Waals surface area contributed by atoms with Crippen LogP contribution in [0.2, 0.25) is 5.02 Å². The van der Waals surface area contributed by atoms with Crippen molar-refractivity contribution in [3.8, 4) is 5.69 Å². The van der Waals surface area contributed by atoms with Crippen LogP contribution in [0, 0.1) is 12.8 Å². The van der Waals surface area contributed by atoms with E-state index in [1.165, 1.54) is 4.57 Å². The molecule has 1 saturated heterocycles. The number of anilines is 1. The van der Waals surface area contributed by atoms with E-state index in [0.717, 1.165) is 36.4 Å². The topological polar surface area (TPSA) is 51.0 Å². The molecule has 0 amide bonds. The van der Waals surface area contributed by atoms with E-state index in [2.05, 4.69) is 21.8 Å². The lowest BCUT2D eigenvalue weighted by Crippen LogP contribution is -2.29. The van der Waals surface area contributed by atoms with Crippen molar-refractivity contribution in [3.05, 3.63) is 57.6 Å². The molecule has 1 aliphatic rings.